The monoisotopic (exact) mass is 386 g/mol. The molecule has 26 heavy (non-hydrogen) atoms. The third kappa shape index (κ3) is 5.33. The Hall–Kier alpha value is -1.84. The van der Waals surface area contributed by atoms with Crippen molar-refractivity contribution in [2.75, 3.05) is 40.5 Å². The lowest BCUT2D eigenvalue weighted by atomic mass is 10.2. The Labute approximate surface area is 154 Å². The zero-order valence-corrected chi connectivity index (χ0v) is 16.2. The number of carbonyl (C=O) groups excluding carboxylic acids is 1. The van der Waals surface area contributed by atoms with Gasteiger partial charge in [-0.2, -0.15) is 0 Å². The van der Waals surface area contributed by atoms with Crippen LogP contribution in [-0.4, -0.2) is 65.8 Å². The van der Waals surface area contributed by atoms with E-state index in [1.807, 2.05) is 0 Å². The average molecular weight is 386 g/mol. The molecule has 0 aromatic heterocycles. The van der Waals surface area contributed by atoms with Gasteiger partial charge < -0.3 is 19.1 Å². The van der Waals surface area contributed by atoms with Crippen LogP contribution in [0.1, 0.15) is 19.8 Å². The average Bonchev–Trinajstić information content (AvgIpc) is 3.13. The van der Waals surface area contributed by atoms with E-state index in [0.29, 0.717) is 18.9 Å². The second-order valence-corrected chi connectivity index (χ2v) is 7.75. The zero-order chi connectivity index (χ0) is 19.2. The predicted octanol–water partition coefficient (Wildman–Crippen LogP) is 1.01. The van der Waals surface area contributed by atoms with E-state index in [9.17, 15) is 13.2 Å². The van der Waals surface area contributed by atoms with Crippen molar-refractivity contribution < 1.29 is 27.4 Å². The standard InChI is InChI=1S/C17H26N2O6S/c1-13(20)19(12-15-5-4-10-25-15)9-8-18-26(21,22)17-11-14(23-2)6-7-16(17)24-3/h6-7,11,15,18H,4-5,8-10,12H2,1-3H3. The lowest BCUT2D eigenvalue weighted by Gasteiger charge is -2.24. The van der Waals surface area contributed by atoms with Crippen LogP contribution in [0, 0.1) is 0 Å². The molecule has 146 valence electrons. The first-order valence-electron chi connectivity index (χ1n) is 8.46. The van der Waals surface area contributed by atoms with Crippen molar-refractivity contribution in [2.24, 2.45) is 0 Å². The molecule has 1 N–H and O–H groups in total. The molecule has 1 aromatic carbocycles. The van der Waals surface area contributed by atoms with Crippen LogP contribution >= 0.6 is 0 Å². The van der Waals surface area contributed by atoms with E-state index in [1.165, 1.54) is 33.3 Å². The molecule has 0 spiro atoms. The molecule has 1 saturated heterocycles. The normalized spacial score (nSPS) is 17.1. The van der Waals surface area contributed by atoms with E-state index >= 15 is 0 Å². The van der Waals surface area contributed by atoms with Crippen LogP contribution in [0.25, 0.3) is 0 Å². The number of sulfonamides is 1. The number of methoxy groups -OCH3 is 2. The SMILES string of the molecule is COc1ccc(OC)c(S(=O)(=O)NCCN(CC2CCCO2)C(C)=O)c1. The van der Waals surface area contributed by atoms with Gasteiger partial charge in [-0.05, 0) is 25.0 Å². The van der Waals surface area contributed by atoms with Gasteiger partial charge in [0.2, 0.25) is 15.9 Å². The summed E-state index contributed by atoms with van der Waals surface area (Å²) < 4.78 is 43.5. The summed E-state index contributed by atoms with van der Waals surface area (Å²) in [6.07, 6.45) is 1.92. The third-order valence-corrected chi connectivity index (χ3v) is 5.71. The second kappa shape index (κ2) is 9.20. The molecule has 1 unspecified atom stereocenters. The molecular weight excluding hydrogens is 360 g/mol. The van der Waals surface area contributed by atoms with Crippen molar-refractivity contribution in [3.63, 3.8) is 0 Å². The van der Waals surface area contributed by atoms with Crippen LogP contribution in [-0.2, 0) is 19.6 Å². The fourth-order valence-electron chi connectivity index (χ4n) is 2.80. The Morgan fingerprint density at radius 2 is 2.12 bits per heavy atom. The van der Waals surface area contributed by atoms with Gasteiger partial charge in [0.1, 0.15) is 16.4 Å². The minimum Gasteiger partial charge on any atom is -0.497 e. The smallest absolute Gasteiger partial charge is 0.244 e. The molecule has 1 atom stereocenters. The quantitative estimate of drug-likeness (QED) is 0.681. The van der Waals surface area contributed by atoms with Gasteiger partial charge in [0.05, 0.1) is 20.3 Å². The van der Waals surface area contributed by atoms with Crippen LogP contribution in [0.3, 0.4) is 0 Å². The first-order chi connectivity index (χ1) is 12.4. The Kier molecular flexibility index (Phi) is 7.24. The minimum absolute atomic E-state index is 0.00662. The molecule has 1 aliphatic rings. The number of hydrogen-bond donors (Lipinski definition) is 1. The number of amides is 1. The first kappa shape index (κ1) is 20.5. The molecule has 1 heterocycles. The number of nitrogens with zero attached hydrogens (tertiary/aromatic N) is 1. The van der Waals surface area contributed by atoms with Gasteiger partial charge in [-0.3, -0.25) is 4.79 Å². The highest BCUT2D eigenvalue weighted by Gasteiger charge is 2.23. The van der Waals surface area contributed by atoms with Crippen LogP contribution in [0.15, 0.2) is 23.1 Å². The summed E-state index contributed by atoms with van der Waals surface area (Å²) >= 11 is 0. The molecule has 0 radical (unpaired) electrons. The lowest BCUT2D eigenvalue weighted by Crippen LogP contribution is -2.41. The van der Waals surface area contributed by atoms with Crippen LogP contribution in [0.2, 0.25) is 0 Å². The van der Waals surface area contributed by atoms with Crippen LogP contribution in [0.5, 0.6) is 11.5 Å². The van der Waals surface area contributed by atoms with E-state index in [4.69, 9.17) is 14.2 Å². The van der Waals surface area contributed by atoms with Crippen molar-refractivity contribution in [1.82, 2.24) is 9.62 Å². The summed E-state index contributed by atoms with van der Waals surface area (Å²) in [7, 11) is -0.946. The van der Waals surface area contributed by atoms with Gasteiger partial charge in [0, 0.05) is 39.2 Å². The fraction of sp³-hybridized carbons (Fsp3) is 0.588. The van der Waals surface area contributed by atoms with Crippen molar-refractivity contribution in [3.8, 4) is 11.5 Å². The van der Waals surface area contributed by atoms with E-state index in [1.54, 1.807) is 11.0 Å². The van der Waals surface area contributed by atoms with Crippen molar-refractivity contribution >= 4 is 15.9 Å². The molecule has 8 nitrogen and oxygen atoms in total. The summed E-state index contributed by atoms with van der Waals surface area (Å²) in [4.78, 5) is 13.4. The van der Waals surface area contributed by atoms with Gasteiger partial charge in [-0.1, -0.05) is 0 Å². The van der Waals surface area contributed by atoms with Crippen molar-refractivity contribution in [2.45, 2.75) is 30.8 Å². The number of hydrogen-bond acceptors (Lipinski definition) is 6. The van der Waals surface area contributed by atoms with Crippen LogP contribution < -0.4 is 14.2 Å². The van der Waals surface area contributed by atoms with Gasteiger partial charge in [0.15, 0.2) is 0 Å². The van der Waals surface area contributed by atoms with Crippen LogP contribution in [0.4, 0.5) is 0 Å². The Balaban J connectivity index is 2.01. The molecule has 1 aromatic rings. The summed E-state index contributed by atoms with van der Waals surface area (Å²) in [5, 5.41) is 0. The molecular formula is C17H26N2O6S. The third-order valence-electron chi connectivity index (χ3n) is 4.23. The van der Waals surface area contributed by atoms with Gasteiger partial charge in [0.25, 0.3) is 0 Å². The minimum atomic E-state index is -3.81. The number of nitrogens with one attached hydrogen (secondary N) is 1. The fourth-order valence-corrected chi connectivity index (χ4v) is 4.00. The van der Waals surface area contributed by atoms with E-state index < -0.39 is 10.0 Å². The number of carbonyl (C=O) groups is 1. The zero-order valence-electron chi connectivity index (χ0n) is 15.4. The number of benzene rings is 1. The van der Waals surface area contributed by atoms with Gasteiger partial charge in [-0.25, -0.2) is 13.1 Å². The first-order valence-corrected chi connectivity index (χ1v) is 9.94. The van der Waals surface area contributed by atoms with E-state index in [2.05, 4.69) is 4.72 Å². The Morgan fingerprint density at radius 3 is 2.69 bits per heavy atom. The van der Waals surface area contributed by atoms with Crippen molar-refractivity contribution in [3.05, 3.63) is 18.2 Å². The number of rotatable bonds is 9. The number of ether oxygens (including phenoxy) is 3. The molecule has 0 saturated carbocycles. The second-order valence-electron chi connectivity index (χ2n) is 6.01. The highest BCUT2D eigenvalue weighted by Crippen LogP contribution is 2.27. The topological polar surface area (TPSA) is 94.2 Å². The summed E-state index contributed by atoms with van der Waals surface area (Å²) in [5.41, 5.74) is 0. The highest BCUT2D eigenvalue weighted by atomic mass is 32.2. The maximum Gasteiger partial charge on any atom is 0.244 e. The molecule has 1 aliphatic heterocycles. The lowest BCUT2D eigenvalue weighted by molar-refractivity contribution is -0.130. The highest BCUT2D eigenvalue weighted by molar-refractivity contribution is 7.89. The van der Waals surface area contributed by atoms with E-state index in [-0.39, 0.29) is 35.7 Å². The van der Waals surface area contributed by atoms with Crippen molar-refractivity contribution in [1.29, 1.82) is 0 Å². The summed E-state index contributed by atoms with van der Waals surface area (Å²) in [6, 6.07) is 4.56. The molecule has 2 rings (SSSR count). The summed E-state index contributed by atoms with van der Waals surface area (Å²) in [6.45, 7) is 3.00. The molecule has 1 fully saturated rings. The molecule has 0 bridgehead atoms. The van der Waals surface area contributed by atoms with E-state index in [0.717, 1.165) is 12.8 Å². The van der Waals surface area contributed by atoms with Gasteiger partial charge in [-0.15, -0.1) is 0 Å². The molecule has 1 amide bonds. The largest absolute Gasteiger partial charge is 0.497 e. The Morgan fingerprint density at radius 1 is 1.35 bits per heavy atom. The molecule has 0 aliphatic carbocycles. The van der Waals surface area contributed by atoms with Gasteiger partial charge >= 0.3 is 0 Å². The summed E-state index contributed by atoms with van der Waals surface area (Å²) in [5.74, 6) is 0.523. The predicted molar refractivity (Wildman–Crippen MR) is 96.0 cm³/mol. The maximum atomic E-state index is 12.6. The molecule has 9 heteroatoms. The Bertz CT molecular complexity index is 716. The maximum absolute atomic E-state index is 12.6.